The SMILES string of the molecule is O=C1CC(N(Cc2cccs2)C(=O)C2CC2)C(=O)N1c1ccc(Cl)cc1. The Hall–Kier alpha value is -2.18. The van der Waals surface area contributed by atoms with Crippen LogP contribution in [-0.4, -0.2) is 28.7 Å². The van der Waals surface area contributed by atoms with E-state index < -0.39 is 6.04 Å². The standard InChI is InChI=1S/C19H17ClN2O3S/c20-13-5-7-14(8-6-13)22-17(23)10-16(19(22)25)21(18(24)12-3-4-12)11-15-2-1-9-26-15/h1-2,5-9,12,16H,3-4,10-11H2. The van der Waals surface area contributed by atoms with Crippen LogP contribution in [0.3, 0.4) is 0 Å². The predicted octanol–water partition coefficient (Wildman–Crippen LogP) is 3.47. The van der Waals surface area contributed by atoms with E-state index in [1.54, 1.807) is 40.5 Å². The normalized spacial score (nSPS) is 19.9. The predicted molar refractivity (Wildman–Crippen MR) is 99.9 cm³/mol. The molecule has 1 aliphatic carbocycles. The van der Waals surface area contributed by atoms with Crippen LogP contribution < -0.4 is 4.90 Å². The van der Waals surface area contributed by atoms with Gasteiger partial charge in [-0.2, -0.15) is 0 Å². The summed E-state index contributed by atoms with van der Waals surface area (Å²) in [6, 6.07) is 9.69. The number of carbonyl (C=O) groups excluding carboxylic acids is 3. The van der Waals surface area contributed by atoms with E-state index in [4.69, 9.17) is 11.6 Å². The maximum Gasteiger partial charge on any atom is 0.257 e. The zero-order valence-corrected chi connectivity index (χ0v) is 15.5. The molecule has 1 aromatic heterocycles. The van der Waals surface area contributed by atoms with Crippen LogP contribution >= 0.6 is 22.9 Å². The van der Waals surface area contributed by atoms with E-state index in [2.05, 4.69) is 0 Å². The summed E-state index contributed by atoms with van der Waals surface area (Å²) in [5.74, 6) is -0.671. The smallest absolute Gasteiger partial charge is 0.257 e. The zero-order chi connectivity index (χ0) is 18.3. The molecular weight excluding hydrogens is 372 g/mol. The van der Waals surface area contributed by atoms with Crippen LogP contribution in [0.5, 0.6) is 0 Å². The minimum atomic E-state index is -0.742. The highest BCUT2D eigenvalue weighted by atomic mass is 35.5. The Bertz CT molecular complexity index is 846. The lowest BCUT2D eigenvalue weighted by molar-refractivity contribution is -0.140. The van der Waals surface area contributed by atoms with Crippen molar-refractivity contribution in [1.82, 2.24) is 4.90 Å². The first-order chi connectivity index (χ1) is 12.5. The summed E-state index contributed by atoms with van der Waals surface area (Å²) in [7, 11) is 0. The van der Waals surface area contributed by atoms with Crippen molar-refractivity contribution in [2.24, 2.45) is 5.92 Å². The summed E-state index contributed by atoms with van der Waals surface area (Å²) in [5, 5.41) is 2.48. The number of thiophene rings is 1. The van der Waals surface area contributed by atoms with E-state index in [0.29, 0.717) is 17.3 Å². The molecule has 2 fully saturated rings. The largest absolute Gasteiger partial charge is 0.325 e. The summed E-state index contributed by atoms with van der Waals surface area (Å²) in [6.07, 6.45) is 1.73. The van der Waals surface area contributed by atoms with Crippen molar-refractivity contribution in [3.63, 3.8) is 0 Å². The van der Waals surface area contributed by atoms with Gasteiger partial charge in [-0.1, -0.05) is 17.7 Å². The molecule has 0 N–H and O–H groups in total. The van der Waals surface area contributed by atoms with Gasteiger partial charge in [-0.3, -0.25) is 14.4 Å². The molecule has 134 valence electrons. The van der Waals surface area contributed by atoms with Crippen molar-refractivity contribution < 1.29 is 14.4 Å². The van der Waals surface area contributed by atoms with Crippen molar-refractivity contribution in [1.29, 1.82) is 0 Å². The Balaban J connectivity index is 1.61. The van der Waals surface area contributed by atoms with Gasteiger partial charge in [-0.05, 0) is 48.6 Å². The van der Waals surface area contributed by atoms with Gasteiger partial charge in [0.05, 0.1) is 18.7 Å². The van der Waals surface area contributed by atoms with Gasteiger partial charge in [0.1, 0.15) is 6.04 Å². The van der Waals surface area contributed by atoms with E-state index in [-0.39, 0.29) is 30.1 Å². The topological polar surface area (TPSA) is 57.7 Å². The molecule has 1 aromatic carbocycles. The molecule has 2 aromatic rings. The fourth-order valence-electron chi connectivity index (χ4n) is 3.20. The molecule has 4 rings (SSSR count). The third-order valence-electron chi connectivity index (χ3n) is 4.70. The molecule has 26 heavy (non-hydrogen) atoms. The maximum absolute atomic E-state index is 13.0. The first kappa shape index (κ1) is 17.2. The molecule has 0 bridgehead atoms. The highest BCUT2D eigenvalue weighted by Gasteiger charge is 2.46. The van der Waals surface area contributed by atoms with Gasteiger partial charge in [0.15, 0.2) is 0 Å². The lowest BCUT2D eigenvalue weighted by Crippen LogP contribution is -2.45. The minimum Gasteiger partial charge on any atom is -0.325 e. The third-order valence-corrected chi connectivity index (χ3v) is 5.81. The van der Waals surface area contributed by atoms with Gasteiger partial charge in [-0.25, -0.2) is 4.90 Å². The van der Waals surface area contributed by atoms with E-state index in [1.165, 1.54) is 4.90 Å². The maximum atomic E-state index is 13.0. The fourth-order valence-corrected chi connectivity index (χ4v) is 4.03. The lowest BCUT2D eigenvalue weighted by Gasteiger charge is -2.27. The first-order valence-corrected chi connectivity index (χ1v) is 9.75. The minimum absolute atomic E-state index is 0.0116. The number of benzene rings is 1. The number of amides is 3. The Morgan fingerprint density at radius 3 is 2.54 bits per heavy atom. The number of nitrogens with zero attached hydrogens (tertiary/aromatic N) is 2. The number of hydrogen-bond acceptors (Lipinski definition) is 4. The second-order valence-corrected chi connectivity index (χ2v) is 8.05. The van der Waals surface area contributed by atoms with Crippen LogP contribution in [0.4, 0.5) is 5.69 Å². The van der Waals surface area contributed by atoms with Crippen LogP contribution in [0.25, 0.3) is 0 Å². The zero-order valence-electron chi connectivity index (χ0n) is 13.9. The summed E-state index contributed by atoms with van der Waals surface area (Å²) in [5.41, 5.74) is 0.488. The summed E-state index contributed by atoms with van der Waals surface area (Å²) >= 11 is 7.43. The van der Waals surface area contributed by atoms with Crippen LogP contribution in [0.15, 0.2) is 41.8 Å². The van der Waals surface area contributed by atoms with Gasteiger partial charge in [-0.15, -0.1) is 11.3 Å². The van der Waals surface area contributed by atoms with E-state index in [9.17, 15) is 14.4 Å². The molecule has 2 heterocycles. The average Bonchev–Trinajstić information content (AvgIpc) is 3.27. The van der Waals surface area contributed by atoms with Crippen molar-refractivity contribution in [2.45, 2.75) is 31.8 Å². The molecule has 1 unspecified atom stereocenters. The fraction of sp³-hybridized carbons (Fsp3) is 0.316. The van der Waals surface area contributed by atoms with Gasteiger partial charge < -0.3 is 4.90 Å². The van der Waals surface area contributed by atoms with Crippen molar-refractivity contribution in [3.05, 3.63) is 51.7 Å². The summed E-state index contributed by atoms with van der Waals surface area (Å²) < 4.78 is 0. The number of halogens is 1. The van der Waals surface area contributed by atoms with Crippen LogP contribution in [-0.2, 0) is 20.9 Å². The lowest BCUT2D eigenvalue weighted by atomic mass is 10.1. The third kappa shape index (κ3) is 3.27. The number of anilines is 1. The number of rotatable bonds is 5. The van der Waals surface area contributed by atoms with E-state index in [1.807, 2.05) is 17.5 Å². The van der Waals surface area contributed by atoms with Gasteiger partial charge in [0.2, 0.25) is 11.8 Å². The molecule has 0 spiro atoms. The number of carbonyl (C=O) groups is 3. The summed E-state index contributed by atoms with van der Waals surface area (Å²) in [6.45, 7) is 0.366. The van der Waals surface area contributed by atoms with Crippen molar-refractivity contribution in [2.75, 3.05) is 4.90 Å². The molecule has 1 atom stereocenters. The first-order valence-electron chi connectivity index (χ1n) is 8.50. The Morgan fingerprint density at radius 1 is 1.19 bits per heavy atom. The molecule has 3 amide bonds. The van der Waals surface area contributed by atoms with Gasteiger partial charge in [0, 0.05) is 15.8 Å². The van der Waals surface area contributed by atoms with E-state index in [0.717, 1.165) is 17.7 Å². The highest BCUT2D eigenvalue weighted by molar-refractivity contribution is 7.09. The van der Waals surface area contributed by atoms with Gasteiger partial charge >= 0.3 is 0 Å². The summed E-state index contributed by atoms with van der Waals surface area (Å²) in [4.78, 5) is 42.1. The van der Waals surface area contributed by atoms with Gasteiger partial charge in [0.25, 0.3) is 5.91 Å². The Kier molecular flexibility index (Phi) is 4.54. The number of hydrogen-bond donors (Lipinski definition) is 0. The van der Waals surface area contributed by atoms with Crippen LogP contribution in [0.1, 0.15) is 24.1 Å². The average molecular weight is 389 g/mol. The second-order valence-electron chi connectivity index (χ2n) is 6.58. The Labute approximate surface area is 160 Å². The molecule has 7 heteroatoms. The molecule has 2 aliphatic rings. The molecule has 1 aliphatic heterocycles. The number of imide groups is 1. The molecule has 1 saturated carbocycles. The van der Waals surface area contributed by atoms with Crippen LogP contribution in [0, 0.1) is 5.92 Å². The highest BCUT2D eigenvalue weighted by Crippen LogP contribution is 2.35. The Morgan fingerprint density at radius 2 is 1.92 bits per heavy atom. The molecule has 1 saturated heterocycles. The monoisotopic (exact) mass is 388 g/mol. The second kappa shape index (κ2) is 6.85. The molecular formula is C19H17ClN2O3S. The molecule has 0 radical (unpaired) electrons. The molecule has 5 nitrogen and oxygen atoms in total. The van der Waals surface area contributed by atoms with Crippen molar-refractivity contribution in [3.8, 4) is 0 Å². The van der Waals surface area contributed by atoms with Crippen LogP contribution in [0.2, 0.25) is 5.02 Å². The quantitative estimate of drug-likeness (QED) is 0.737. The van der Waals surface area contributed by atoms with E-state index >= 15 is 0 Å². The van der Waals surface area contributed by atoms with Crippen molar-refractivity contribution >= 4 is 46.3 Å².